The van der Waals surface area contributed by atoms with Crippen molar-refractivity contribution >= 4 is 11.5 Å². The molecule has 5 nitrogen and oxygen atoms in total. The Kier molecular flexibility index (Phi) is 2.28. The highest BCUT2D eigenvalue weighted by Gasteiger charge is 2.65. The van der Waals surface area contributed by atoms with Crippen molar-refractivity contribution < 1.29 is 9.94 Å². The molecule has 0 spiro atoms. The van der Waals surface area contributed by atoms with Gasteiger partial charge in [0.2, 0.25) is 0 Å². The molecule has 0 saturated heterocycles. The van der Waals surface area contributed by atoms with Crippen molar-refractivity contribution in [2.24, 2.45) is 16.1 Å². The number of hydrogen-bond acceptors (Lipinski definition) is 5. The minimum absolute atomic E-state index is 0.140. The van der Waals surface area contributed by atoms with E-state index in [9.17, 15) is 5.11 Å². The Bertz CT molecular complexity index is 375. The van der Waals surface area contributed by atoms with Gasteiger partial charge in [0.1, 0.15) is 5.84 Å². The van der Waals surface area contributed by atoms with E-state index in [4.69, 9.17) is 4.84 Å². The molecule has 0 saturated carbocycles. The molecule has 0 unspecified atom stereocenters. The standard InChI is InChI=1S/C11H19N3O2/c1-7(2)11-8(3)13-16-10(11,15)6-9(12-11)14(4)5/h7,15H,6H2,1-5H3/t10-,11+/m0/s1. The summed E-state index contributed by atoms with van der Waals surface area (Å²) in [5, 5.41) is 14.5. The van der Waals surface area contributed by atoms with Crippen molar-refractivity contribution in [2.75, 3.05) is 14.1 Å². The summed E-state index contributed by atoms with van der Waals surface area (Å²) < 4.78 is 0. The Balaban J connectivity index is 2.51. The first-order valence-electron chi connectivity index (χ1n) is 5.55. The van der Waals surface area contributed by atoms with E-state index in [1.807, 2.05) is 39.8 Å². The van der Waals surface area contributed by atoms with Crippen LogP contribution in [0.2, 0.25) is 0 Å². The van der Waals surface area contributed by atoms with Crippen molar-refractivity contribution in [3.05, 3.63) is 0 Å². The SMILES string of the molecule is CC1=NO[C@@]2(O)CC(N(C)C)=N[C@]12C(C)C. The lowest BCUT2D eigenvalue weighted by Gasteiger charge is -2.34. The molecule has 2 atom stereocenters. The van der Waals surface area contributed by atoms with Crippen molar-refractivity contribution in [1.29, 1.82) is 0 Å². The highest BCUT2D eigenvalue weighted by molar-refractivity contribution is 6.00. The van der Waals surface area contributed by atoms with Crippen LogP contribution in [0.1, 0.15) is 27.2 Å². The Morgan fingerprint density at radius 2 is 2.06 bits per heavy atom. The molecule has 1 N–H and O–H groups in total. The lowest BCUT2D eigenvalue weighted by atomic mass is 9.77. The van der Waals surface area contributed by atoms with Crippen LogP contribution < -0.4 is 0 Å². The number of nitrogens with zero attached hydrogens (tertiary/aromatic N) is 3. The van der Waals surface area contributed by atoms with Crippen LogP contribution in [0.25, 0.3) is 0 Å². The molecule has 90 valence electrons. The molecular weight excluding hydrogens is 206 g/mol. The summed E-state index contributed by atoms with van der Waals surface area (Å²) in [5.74, 6) is -0.308. The summed E-state index contributed by atoms with van der Waals surface area (Å²) in [6, 6.07) is 0. The fraction of sp³-hybridized carbons (Fsp3) is 0.818. The van der Waals surface area contributed by atoms with E-state index in [1.54, 1.807) is 0 Å². The number of aliphatic hydroxyl groups is 1. The molecule has 0 aromatic carbocycles. The topological polar surface area (TPSA) is 57.4 Å². The lowest BCUT2D eigenvalue weighted by molar-refractivity contribution is -0.209. The van der Waals surface area contributed by atoms with Crippen LogP contribution in [0, 0.1) is 5.92 Å². The van der Waals surface area contributed by atoms with Gasteiger partial charge in [0.15, 0.2) is 5.54 Å². The van der Waals surface area contributed by atoms with Gasteiger partial charge in [-0.3, -0.25) is 4.99 Å². The molecule has 5 heteroatoms. The maximum atomic E-state index is 10.6. The maximum Gasteiger partial charge on any atom is 0.272 e. The molecule has 0 amide bonds. The molecule has 0 aliphatic carbocycles. The van der Waals surface area contributed by atoms with Gasteiger partial charge in [-0.2, -0.15) is 0 Å². The second kappa shape index (κ2) is 3.20. The first kappa shape index (κ1) is 11.4. The molecule has 2 aliphatic rings. The molecule has 16 heavy (non-hydrogen) atoms. The molecule has 0 aromatic heterocycles. The van der Waals surface area contributed by atoms with Crippen LogP contribution in [-0.2, 0) is 4.84 Å². The third-order valence-electron chi connectivity index (χ3n) is 3.54. The number of amidine groups is 1. The van der Waals surface area contributed by atoms with Gasteiger partial charge >= 0.3 is 0 Å². The molecule has 0 radical (unpaired) electrons. The average molecular weight is 225 g/mol. The van der Waals surface area contributed by atoms with Gasteiger partial charge in [-0.1, -0.05) is 19.0 Å². The molecule has 2 rings (SSSR count). The number of rotatable bonds is 1. The average Bonchev–Trinajstić information content (AvgIpc) is 2.60. The van der Waals surface area contributed by atoms with Gasteiger partial charge < -0.3 is 14.8 Å². The van der Waals surface area contributed by atoms with Crippen molar-refractivity contribution in [3.8, 4) is 0 Å². The van der Waals surface area contributed by atoms with Crippen LogP contribution in [0.3, 0.4) is 0 Å². The van der Waals surface area contributed by atoms with E-state index in [1.165, 1.54) is 0 Å². The van der Waals surface area contributed by atoms with Gasteiger partial charge in [0, 0.05) is 14.1 Å². The molecular formula is C11H19N3O2. The second-order valence-corrected chi connectivity index (χ2v) is 5.07. The number of aliphatic imine (C=N–C) groups is 1. The molecule has 2 heterocycles. The molecule has 2 aliphatic heterocycles. The number of fused-ring (bicyclic) bond motifs is 1. The summed E-state index contributed by atoms with van der Waals surface area (Å²) in [7, 11) is 3.84. The Hall–Kier alpha value is -1.10. The predicted octanol–water partition coefficient (Wildman–Crippen LogP) is 0.840. The summed E-state index contributed by atoms with van der Waals surface area (Å²) in [6.07, 6.45) is 0.388. The maximum absolute atomic E-state index is 10.6. The third kappa shape index (κ3) is 1.15. The van der Waals surface area contributed by atoms with Gasteiger partial charge in [-0.15, -0.1) is 0 Å². The molecule has 0 bridgehead atoms. The monoisotopic (exact) mass is 225 g/mol. The zero-order valence-electron chi connectivity index (χ0n) is 10.5. The van der Waals surface area contributed by atoms with E-state index < -0.39 is 11.3 Å². The molecule has 0 aromatic rings. The number of hydrogen-bond donors (Lipinski definition) is 1. The van der Waals surface area contributed by atoms with E-state index in [-0.39, 0.29) is 5.92 Å². The summed E-state index contributed by atoms with van der Waals surface area (Å²) >= 11 is 0. The first-order valence-corrected chi connectivity index (χ1v) is 5.55. The highest BCUT2D eigenvalue weighted by atomic mass is 16.7. The fourth-order valence-electron chi connectivity index (χ4n) is 2.61. The zero-order chi connectivity index (χ0) is 12.1. The van der Waals surface area contributed by atoms with Crippen LogP contribution in [-0.4, -0.2) is 47.0 Å². The largest absolute Gasteiger partial charge is 0.366 e. The van der Waals surface area contributed by atoms with Crippen molar-refractivity contribution in [1.82, 2.24) is 4.90 Å². The van der Waals surface area contributed by atoms with E-state index in [0.717, 1.165) is 11.5 Å². The Morgan fingerprint density at radius 3 is 2.50 bits per heavy atom. The van der Waals surface area contributed by atoms with E-state index >= 15 is 0 Å². The van der Waals surface area contributed by atoms with Crippen LogP contribution in [0.15, 0.2) is 10.1 Å². The Morgan fingerprint density at radius 1 is 1.44 bits per heavy atom. The predicted molar refractivity (Wildman–Crippen MR) is 62.5 cm³/mol. The normalized spacial score (nSPS) is 36.9. The van der Waals surface area contributed by atoms with Crippen LogP contribution in [0.5, 0.6) is 0 Å². The summed E-state index contributed by atoms with van der Waals surface area (Å²) in [5.41, 5.74) is 0.0360. The quantitative estimate of drug-likeness (QED) is 0.719. The number of oxime groups is 1. The third-order valence-corrected chi connectivity index (χ3v) is 3.54. The second-order valence-electron chi connectivity index (χ2n) is 5.07. The van der Waals surface area contributed by atoms with E-state index in [2.05, 4.69) is 10.1 Å². The summed E-state index contributed by atoms with van der Waals surface area (Å²) in [6.45, 7) is 5.92. The highest BCUT2D eigenvalue weighted by Crippen LogP contribution is 2.47. The zero-order valence-corrected chi connectivity index (χ0v) is 10.5. The minimum atomic E-state index is -1.30. The van der Waals surface area contributed by atoms with Crippen LogP contribution in [0.4, 0.5) is 0 Å². The van der Waals surface area contributed by atoms with Gasteiger partial charge in [0.25, 0.3) is 5.79 Å². The van der Waals surface area contributed by atoms with E-state index in [0.29, 0.717) is 6.42 Å². The smallest absolute Gasteiger partial charge is 0.272 e. The van der Waals surface area contributed by atoms with Gasteiger partial charge in [0.05, 0.1) is 12.1 Å². The lowest BCUT2D eigenvalue weighted by Crippen LogP contribution is -2.55. The fourth-order valence-corrected chi connectivity index (χ4v) is 2.61. The van der Waals surface area contributed by atoms with Crippen molar-refractivity contribution in [2.45, 2.75) is 38.5 Å². The van der Waals surface area contributed by atoms with Gasteiger partial charge in [-0.25, -0.2) is 0 Å². The Labute approximate surface area is 95.8 Å². The van der Waals surface area contributed by atoms with Crippen molar-refractivity contribution in [3.63, 3.8) is 0 Å². The van der Waals surface area contributed by atoms with Crippen LogP contribution >= 0.6 is 0 Å². The van der Waals surface area contributed by atoms with Gasteiger partial charge in [-0.05, 0) is 12.8 Å². The molecule has 0 fully saturated rings. The summed E-state index contributed by atoms with van der Waals surface area (Å²) in [4.78, 5) is 11.8. The first-order chi connectivity index (χ1) is 7.33. The minimum Gasteiger partial charge on any atom is -0.366 e.